The molecule has 1 aliphatic rings. The van der Waals surface area contributed by atoms with E-state index in [2.05, 4.69) is 5.16 Å². The van der Waals surface area contributed by atoms with Crippen LogP contribution >= 0.6 is 0 Å². The number of carbonyl (C=O) groups is 1. The third-order valence-electron chi connectivity index (χ3n) is 4.52. The molecule has 0 spiro atoms. The van der Waals surface area contributed by atoms with Crippen molar-refractivity contribution in [2.24, 2.45) is 0 Å². The van der Waals surface area contributed by atoms with Crippen molar-refractivity contribution in [3.63, 3.8) is 0 Å². The molecule has 3 aromatic rings. The number of esters is 1. The third kappa shape index (κ3) is 4.74. The molecule has 1 aromatic heterocycles. The fourth-order valence-corrected chi connectivity index (χ4v) is 3.11. The Hall–Kier alpha value is -3.68. The highest BCUT2D eigenvalue weighted by Crippen LogP contribution is 2.35. The van der Waals surface area contributed by atoms with Gasteiger partial charge in [-0.2, -0.15) is 0 Å². The van der Waals surface area contributed by atoms with E-state index in [0.717, 1.165) is 5.56 Å². The summed E-state index contributed by atoms with van der Waals surface area (Å²) in [6.45, 7) is 5.72. The van der Waals surface area contributed by atoms with Gasteiger partial charge in [0.1, 0.15) is 25.5 Å². The summed E-state index contributed by atoms with van der Waals surface area (Å²) in [4.78, 5) is 12.5. The Morgan fingerprint density at radius 3 is 2.52 bits per heavy atom. The van der Waals surface area contributed by atoms with Crippen molar-refractivity contribution in [1.82, 2.24) is 5.16 Å². The van der Waals surface area contributed by atoms with Crippen LogP contribution in [0.4, 0.5) is 0 Å². The van der Waals surface area contributed by atoms with E-state index < -0.39 is 5.97 Å². The number of ether oxygens (including phenoxy) is 5. The minimum absolute atomic E-state index is 0.0237. The minimum Gasteiger partial charge on any atom is -0.490 e. The minimum atomic E-state index is -0.493. The fraction of sp³-hybridized carbons (Fsp3) is 0.304. The van der Waals surface area contributed by atoms with Crippen LogP contribution in [0.3, 0.4) is 0 Å². The number of hydrogen-bond donors (Lipinski definition) is 0. The van der Waals surface area contributed by atoms with Crippen LogP contribution in [0, 0.1) is 0 Å². The molecule has 8 nitrogen and oxygen atoms in total. The van der Waals surface area contributed by atoms with Crippen LogP contribution in [0.2, 0.25) is 0 Å². The van der Waals surface area contributed by atoms with E-state index in [9.17, 15) is 4.79 Å². The van der Waals surface area contributed by atoms with Crippen LogP contribution < -0.4 is 18.9 Å². The molecule has 8 heteroatoms. The van der Waals surface area contributed by atoms with Gasteiger partial charge in [-0.25, -0.2) is 4.79 Å². The zero-order chi connectivity index (χ0) is 21.6. The second kappa shape index (κ2) is 9.42. The highest BCUT2D eigenvalue weighted by molar-refractivity contribution is 5.90. The molecule has 4 rings (SSSR count). The van der Waals surface area contributed by atoms with Gasteiger partial charge in [0.2, 0.25) is 0 Å². The number of benzene rings is 2. The Morgan fingerprint density at radius 2 is 1.71 bits per heavy atom. The van der Waals surface area contributed by atoms with Gasteiger partial charge in [0.25, 0.3) is 0 Å². The maximum Gasteiger partial charge on any atom is 0.338 e. The molecular formula is C23H23NO7. The van der Waals surface area contributed by atoms with Crippen molar-refractivity contribution in [2.45, 2.75) is 20.5 Å². The molecule has 0 radical (unpaired) electrons. The molecule has 0 fully saturated rings. The normalized spacial score (nSPS) is 12.3. The van der Waals surface area contributed by atoms with E-state index in [0.29, 0.717) is 66.4 Å². The molecule has 2 aromatic carbocycles. The second-order valence-corrected chi connectivity index (χ2v) is 6.64. The summed E-state index contributed by atoms with van der Waals surface area (Å²) < 4.78 is 33.0. The van der Waals surface area contributed by atoms with Gasteiger partial charge in [0.15, 0.2) is 28.8 Å². The topological polar surface area (TPSA) is 89.3 Å². The van der Waals surface area contributed by atoms with Crippen LogP contribution in [-0.2, 0) is 11.3 Å². The largest absolute Gasteiger partial charge is 0.490 e. The SMILES string of the molecule is CCOc1ccc(C(=O)OCc2cc(-c3ccc4c(c3)OCCO4)on2)cc1OCC. The Balaban J connectivity index is 1.41. The van der Waals surface area contributed by atoms with E-state index >= 15 is 0 Å². The van der Waals surface area contributed by atoms with Gasteiger partial charge in [-0.3, -0.25) is 0 Å². The molecule has 0 amide bonds. The first-order chi connectivity index (χ1) is 15.2. The first kappa shape index (κ1) is 20.6. The highest BCUT2D eigenvalue weighted by Gasteiger charge is 2.17. The van der Waals surface area contributed by atoms with Crippen LogP contribution in [0.25, 0.3) is 11.3 Å². The maximum atomic E-state index is 12.5. The first-order valence-electron chi connectivity index (χ1n) is 10.1. The predicted octanol–water partition coefficient (Wildman–Crippen LogP) is 4.27. The number of fused-ring (bicyclic) bond motifs is 1. The van der Waals surface area contributed by atoms with Crippen molar-refractivity contribution >= 4 is 5.97 Å². The summed E-state index contributed by atoms with van der Waals surface area (Å²) in [5, 5.41) is 3.99. The Bertz CT molecular complexity index is 1060. The molecular weight excluding hydrogens is 402 g/mol. The molecule has 162 valence electrons. The van der Waals surface area contributed by atoms with Crippen molar-refractivity contribution in [3.8, 4) is 34.3 Å². The van der Waals surface area contributed by atoms with E-state index in [1.165, 1.54) is 0 Å². The molecule has 0 N–H and O–H groups in total. The van der Waals surface area contributed by atoms with Crippen LogP contribution in [-0.4, -0.2) is 37.6 Å². The summed E-state index contributed by atoms with van der Waals surface area (Å²) in [5.41, 5.74) is 1.65. The van der Waals surface area contributed by atoms with Gasteiger partial charge < -0.3 is 28.2 Å². The molecule has 0 bridgehead atoms. The summed E-state index contributed by atoms with van der Waals surface area (Å²) in [6.07, 6.45) is 0. The Kier molecular flexibility index (Phi) is 6.26. The number of rotatable bonds is 8. The lowest BCUT2D eigenvalue weighted by molar-refractivity contribution is 0.0463. The summed E-state index contributed by atoms with van der Waals surface area (Å²) >= 11 is 0. The van der Waals surface area contributed by atoms with E-state index in [1.807, 2.05) is 32.0 Å². The molecule has 0 aliphatic carbocycles. The van der Waals surface area contributed by atoms with Crippen molar-refractivity contribution in [3.05, 3.63) is 53.7 Å². The molecule has 0 unspecified atom stereocenters. The highest BCUT2D eigenvalue weighted by atomic mass is 16.6. The lowest BCUT2D eigenvalue weighted by Gasteiger charge is -2.18. The Labute approximate surface area is 179 Å². The average Bonchev–Trinajstić information content (AvgIpc) is 3.28. The predicted molar refractivity (Wildman–Crippen MR) is 111 cm³/mol. The number of aromatic nitrogens is 1. The Morgan fingerprint density at radius 1 is 0.935 bits per heavy atom. The molecule has 0 saturated carbocycles. The number of nitrogens with zero attached hydrogens (tertiary/aromatic N) is 1. The van der Waals surface area contributed by atoms with Gasteiger partial charge in [-0.15, -0.1) is 0 Å². The summed E-state index contributed by atoms with van der Waals surface area (Å²) in [5.74, 6) is 2.50. The molecule has 31 heavy (non-hydrogen) atoms. The molecule has 0 saturated heterocycles. The van der Waals surface area contributed by atoms with Gasteiger partial charge in [-0.1, -0.05) is 5.16 Å². The third-order valence-corrected chi connectivity index (χ3v) is 4.52. The van der Waals surface area contributed by atoms with Gasteiger partial charge in [0.05, 0.1) is 18.8 Å². The second-order valence-electron chi connectivity index (χ2n) is 6.64. The maximum absolute atomic E-state index is 12.5. The fourth-order valence-electron chi connectivity index (χ4n) is 3.11. The monoisotopic (exact) mass is 425 g/mol. The van der Waals surface area contributed by atoms with Crippen LogP contribution in [0.1, 0.15) is 29.9 Å². The van der Waals surface area contributed by atoms with Crippen LogP contribution in [0.15, 0.2) is 47.0 Å². The zero-order valence-electron chi connectivity index (χ0n) is 17.4. The lowest BCUT2D eigenvalue weighted by Crippen LogP contribution is -2.15. The van der Waals surface area contributed by atoms with Crippen LogP contribution in [0.5, 0.6) is 23.0 Å². The standard InChI is InChI=1S/C23H23NO7/c1-3-26-18-8-6-16(12-21(18)27-4-2)23(25)30-14-17-13-20(31-24-17)15-5-7-19-22(11-15)29-10-9-28-19/h5-8,11-13H,3-4,9-10,14H2,1-2H3. The van der Waals surface area contributed by atoms with E-state index in [4.69, 9.17) is 28.2 Å². The quantitative estimate of drug-likeness (QED) is 0.495. The lowest BCUT2D eigenvalue weighted by atomic mass is 10.1. The van der Waals surface area contributed by atoms with Gasteiger partial charge in [0, 0.05) is 11.6 Å². The smallest absolute Gasteiger partial charge is 0.338 e. The van der Waals surface area contributed by atoms with Gasteiger partial charge in [-0.05, 0) is 50.2 Å². The average molecular weight is 425 g/mol. The van der Waals surface area contributed by atoms with E-state index in [-0.39, 0.29) is 6.61 Å². The summed E-state index contributed by atoms with van der Waals surface area (Å²) in [6, 6.07) is 12.2. The van der Waals surface area contributed by atoms with Crippen molar-refractivity contribution in [2.75, 3.05) is 26.4 Å². The molecule has 0 atom stereocenters. The van der Waals surface area contributed by atoms with Gasteiger partial charge >= 0.3 is 5.97 Å². The molecule has 1 aliphatic heterocycles. The molecule has 2 heterocycles. The zero-order valence-corrected chi connectivity index (χ0v) is 17.4. The number of hydrogen-bond acceptors (Lipinski definition) is 8. The van der Waals surface area contributed by atoms with Crippen molar-refractivity contribution < 1.29 is 33.0 Å². The first-order valence-corrected chi connectivity index (χ1v) is 10.1. The van der Waals surface area contributed by atoms with E-state index in [1.54, 1.807) is 24.3 Å². The number of carbonyl (C=O) groups excluding carboxylic acids is 1. The summed E-state index contributed by atoms with van der Waals surface area (Å²) in [7, 11) is 0. The van der Waals surface area contributed by atoms with Crippen molar-refractivity contribution in [1.29, 1.82) is 0 Å².